The Balaban J connectivity index is 2.27. The molecule has 0 saturated heterocycles. The van der Waals surface area contributed by atoms with E-state index in [1.807, 2.05) is 6.07 Å². The zero-order chi connectivity index (χ0) is 11.4. The number of hydrogen-bond donors (Lipinski definition) is 1. The molecular formula is C11H11FN2O2. The van der Waals surface area contributed by atoms with Crippen molar-refractivity contribution in [3.05, 3.63) is 36.1 Å². The van der Waals surface area contributed by atoms with Gasteiger partial charge in [-0.2, -0.15) is 4.39 Å². The van der Waals surface area contributed by atoms with Crippen molar-refractivity contribution in [2.75, 3.05) is 13.2 Å². The first-order valence-corrected chi connectivity index (χ1v) is 4.86. The monoisotopic (exact) mass is 222 g/mol. The summed E-state index contributed by atoms with van der Waals surface area (Å²) in [6.45, 7) is 0.505. The zero-order valence-electron chi connectivity index (χ0n) is 8.52. The molecular weight excluding hydrogens is 211 g/mol. The largest absolute Gasteiger partial charge is 0.472 e. The van der Waals surface area contributed by atoms with Crippen LogP contribution >= 0.6 is 0 Å². The maximum atomic E-state index is 13.7. The van der Waals surface area contributed by atoms with Crippen LogP contribution in [0.5, 0.6) is 5.88 Å². The molecule has 0 bridgehead atoms. The van der Waals surface area contributed by atoms with E-state index in [0.717, 1.165) is 0 Å². The van der Waals surface area contributed by atoms with Crippen LogP contribution in [0, 0.1) is 5.82 Å². The van der Waals surface area contributed by atoms with Gasteiger partial charge in [0.15, 0.2) is 0 Å². The Morgan fingerprint density at radius 3 is 2.75 bits per heavy atom. The van der Waals surface area contributed by atoms with Gasteiger partial charge < -0.3 is 15.0 Å². The van der Waals surface area contributed by atoms with E-state index < -0.39 is 5.82 Å². The normalized spacial score (nSPS) is 10.4. The fourth-order valence-corrected chi connectivity index (χ4v) is 1.28. The second kappa shape index (κ2) is 4.76. The lowest BCUT2D eigenvalue weighted by atomic mass is 10.2. The highest BCUT2D eigenvalue weighted by molar-refractivity contribution is 5.58. The van der Waals surface area contributed by atoms with Gasteiger partial charge in [0, 0.05) is 12.1 Å². The average Bonchev–Trinajstić information content (AvgIpc) is 2.69. The molecule has 0 aliphatic heterocycles. The molecule has 0 aliphatic rings. The Kier molecular flexibility index (Phi) is 3.16. The predicted molar refractivity (Wildman–Crippen MR) is 56.4 cm³/mol. The van der Waals surface area contributed by atoms with Crippen molar-refractivity contribution in [2.45, 2.75) is 0 Å². The highest BCUT2D eigenvalue weighted by Gasteiger charge is 2.18. The molecule has 1 aromatic carbocycles. The lowest BCUT2D eigenvalue weighted by Crippen LogP contribution is -2.11. The quantitative estimate of drug-likeness (QED) is 0.857. The molecule has 2 aromatic rings. The Labute approximate surface area is 91.8 Å². The van der Waals surface area contributed by atoms with Gasteiger partial charge in [-0.15, -0.1) is 0 Å². The van der Waals surface area contributed by atoms with Crippen molar-refractivity contribution >= 4 is 0 Å². The first kappa shape index (κ1) is 10.6. The van der Waals surface area contributed by atoms with Crippen LogP contribution in [0.15, 0.2) is 34.9 Å². The number of nitrogens with two attached hydrogens (primary N) is 1. The second-order valence-electron chi connectivity index (χ2n) is 3.13. The average molecular weight is 222 g/mol. The molecule has 2 N–H and O–H groups in total. The molecule has 84 valence electrons. The lowest BCUT2D eigenvalue weighted by molar-refractivity contribution is 0.280. The van der Waals surface area contributed by atoms with Gasteiger partial charge in [0.2, 0.25) is 11.6 Å². The van der Waals surface area contributed by atoms with Crippen LogP contribution in [-0.4, -0.2) is 18.3 Å². The van der Waals surface area contributed by atoms with E-state index in [1.54, 1.807) is 24.3 Å². The van der Waals surface area contributed by atoms with Gasteiger partial charge in [0.1, 0.15) is 6.61 Å². The molecule has 5 heteroatoms. The predicted octanol–water partition coefficient (Wildman–Crippen LogP) is 1.82. The third-order valence-corrected chi connectivity index (χ3v) is 2.00. The minimum Gasteiger partial charge on any atom is -0.472 e. The summed E-state index contributed by atoms with van der Waals surface area (Å²) in [5.74, 6) is -0.670. The number of benzene rings is 1. The third kappa shape index (κ3) is 2.04. The Morgan fingerprint density at radius 2 is 2.06 bits per heavy atom. The molecule has 1 heterocycles. The summed E-state index contributed by atoms with van der Waals surface area (Å²) in [5.41, 5.74) is 5.86. The van der Waals surface area contributed by atoms with E-state index in [-0.39, 0.29) is 18.2 Å². The fourth-order valence-electron chi connectivity index (χ4n) is 1.28. The first-order valence-electron chi connectivity index (χ1n) is 4.86. The Hall–Kier alpha value is -1.88. The van der Waals surface area contributed by atoms with Crippen molar-refractivity contribution < 1.29 is 13.7 Å². The molecule has 0 aliphatic carbocycles. The van der Waals surface area contributed by atoms with Crippen LogP contribution in [0.4, 0.5) is 4.39 Å². The van der Waals surface area contributed by atoms with Gasteiger partial charge in [-0.1, -0.05) is 30.3 Å². The SMILES string of the molecule is NCCOc1noc(-c2ccccc2)c1F. The number of aromatic nitrogens is 1. The van der Waals surface area contributed by atoms with Crippen molar-refractivity contribution in [3.8, 4) is 17.2 Å². The first-order chi connectivity index (χ1) is 7.83. The number of nitrogens with zero attached hydrogens (tertiary/aromatic N) is 1. The molecule has 2 rings (SSSR count). The molecule has 0 amide bonds. The van der Waals surface area contributed by atoms with Gasteiger partial charge in [-0.25, -0.2) is 0 Å². The molecule has 0 atom stereocenters. The van der Waals surface area contributed by atoms with Crippen LogP contribution in [0.2, 0.25) is 0 Å². The van der Waals surface area contributed by atoms with Crippen LogP contribution in [0.25, 0.3) is 11.3 Å². The van der Waals surface area contributed by atoms with Gasteiger partial charge in [0.05, 0.1) is 0 Å². The van der Waals surface area contributed by atoms with Crippen molar-refractivity contribution in [3.63, 3.8) is 0 Å². The smallest absolute Gasteiger partial charge is 0.291 e. The summed E-state index contributed by atoms with van der Waals surface area (Å²) < 4.78 is 23.6. The van der Waals surface area contributed by atoms with Crippen molar-refractivity contribution in [1.29, 1.82) is 0 Å². The minimum atomic E-state index is -0.598. The molecule has 0 saturated carbocycles. The van der Waals surface area contributed by atoms with E-state index in [4.69, 9.17) is 15.0 Å². The number of ether oxygens (including phenoxy) is 1. The van der Waals surface area contributed by atoms with Gasteiger partial charge >= 0.3 is 0 Å². The van der Waals surface area contributed by atoms with E-state index in [2.05, 4.69) is 5.16 Å². The van der Waals surface area contributed by atoms with Crippen LogP contribution in [0.1, 0.15) is 0 Å². The summed E-state index contributed by atoms with van der Waals surface area (Å²) in [6.07, 6.45) is 0. The van der Waals surface area contributed by atoms with Gasteiger partial charge in [-0.3, -0.25) is 0 Å². The topological polar surface area (TPSA) is 61.3 Å². The Morgan fingerprint density at radius 1 is 1.31 bits per heavy atom. The summed E-state index contributed by atoms with van der Waals surface area (Å²) in [5, 5.41) is 3.50. The number of hydrogen-bond acceptors (Lipinski definition) is 4. The van der Waals surface area contributed by atoms with Crippen LogP contribution < -0.4 is 10.5 Å². The molecule has 0 unspecified atom stereocenters. The van der Waals surface area contributed by atoms with E-state index in [1.165, 1.54) is 0 Å². The molecule has 0 radical (unpaired) electrons. The molecule has 1 aromatic heterocycles. The molecule has 0 fully saturated rings. The highest BCUT2D eigenvalue weighted by Crippen LogP contribution is 2.28. The van der Waals surface area contributed by atoms with Gasteiger partial charge in [-0.05, 0) is 5.16 Å². The standard InChI is InChI=1S/C11H11FN2O2/c12-9-10(8-4-2-1-3-5-8)16-14-11(9)15-7-6-13/h1-5H,6-7,13H2. The van der Waals surface area contributed by atoms with E-state index in [0.29, 0.717) is 12.1 Å². The van der Waals surface area contributed by atoms with E-state index in [9.17, 15) is 4.39 Å². The third-order valence-electron chi connectivity index (χ3n) is 2.00. The lowest BCUT2D eigenvalue weighted by Gasteiger charge is -1.97. The maximum absolute atomic E-state index is 13.7. The highest BCUT2D eigenvalue weighted by atomic mass is 19.1. The molecule has 16 heavy (non-hydrogen) atoms. The minimum absolute atomic E-state index is 0.0765. The number of rotatable bonds is 4. The molecule has 4 nitrogen and oxygen atoms in total. The summed E-state index contributed by atoms with van der Waals surface area (Å²) in [6, 6.07) is 8.88. The second-order valence-corrected chi connectivity index (χ2v) is 3.13. The molecule has 0 spiro atoms. The van der Waals surface area contributed by atoms with E-state index >= 15 is 0 Å². The van der Waals surface area contributed by atoms with Crippen LogP contribution in [0.3, 0.4) is 0 Å². The zero-order valence-corrected chi connectivity index (χ0v) is 8.52. The summed E-state index contributed by atoms with van der Waals surface area (Å²) in [7, 11) is 0. The Bertz CT molecular complexity index is 456. The van der Waals surface area contributed by atoms with Crippen molar-refractivity contribution in [2.24, 2.45) is 5.73 Å². The summed E-state index contributed by atoms with van der Waals surface area (Å²) >= 11 is 0. The number of halogens is 1. The summed E-state index contributed by atoms with van der Waals surface area (Å²) in [4.78, 5) is 0. The fraction of sp³-hybridized carbons (Fsp3) is 0.182. The van der Waals surface area contributed by atoms with Crippen molar-refractivity contribution in [1.82, 2.24) is 5.16 Å². The maximum Gasteiger partial charge on any atom is 0.291 e. The van der Waals surface area contributed by atoms with Crippen LogP contribution in [-0.2, 0) is 0 Å². The van der Waals surface area contributed by atoms with Gasteiger partial charge in [0.25, 0.3) is 5.88 Å².